The lowest BCUT2D eigenvalue weighted by Crippen LogP contribution is -2.03. The molecule has 6 nitrogen and oxygen atoms in total. The van der Waals surface area contributed by atoms with E-state index in [1.54, 1.807) is 13.3 Å². The zero-order chi connectivity index (χ0) is 15.1. The number of aliphatic imine (C=N–C) groups is 1. The van der Waals surface area contributed by atoms with E-state index < -0.39 is 0 Å². The SMILES string of the molecule is C=C(N)c1ncn(CCCCOC(C)=O)c1/N=C(\C)Cl. The fourth-order valence-electron chi connectivity index (χ4n) is 1.63. The summed E-state index contributed by atoms with van der Waals surface area (Å²) in [7, 11) is 0. The van der Waals surface area contributed by atoms with Gasteiger partial charge in [-0.2, -0.15) is 0 Å². The maximum Gasteiger partial charge on any atom is 0.302 e. The molecule has 0 radical (unpaired) electrons. The van der Waals surface area contributed by atoms with Gasteiger partial charge < -0.3 is 15.0 Å². The molecule has 110 valence electrons. The van der Waals surface area contributed by atoms with Crippen molar-refractivity contribution in [3.63, 3.8) is 0 Å². The molecule has 0 unspecified atom stereocenters. The number of imidazole rings is 1. The van der Waals surface area contributed by atoms with Crippen LogP contribution in [0.4, 0.5) is 5.82 Å². The average molecular weight is 299 g/mol. The van der Waals surface area contributed by atoms with Gasteiger partial charge in [0.1, 0.15) is 10.9 Å². The van der Waals surface area contributed by atoms with Gasteiger partial charge in [-0.15, -0.1) is 0 Å². The number of carbonyl (C=O) groups is 1. The summed E-state index contributed by atoms with van der Waals surface area (Å²) < 4.78 is 6.73. The van der Waals surface area contributed by atoms with Crippen LogP contribution < -0.4 is 5.73 Å². The minimum atomic E-state index is -0.266. The van der Waals surface area contributed by atoms with E-state index in [9.17, 15) is 4.79 Å². The molecule has 0 amide bonds. The van der Waals surface area contributed by atoms with E-state index in [2.05, 4.69) is 16.6 Å². The summed E-state index contributed by atoms with van der Waals surface area (Å²) in [6.45, 7) is 7.84. The number of nitrogens with zero attached hydrogens (tertiary/aromatic N) is 3. The Morgan fingerprint density at radius 1 is 1.55 bits per heavy atom. The van der Waals surface area contributed by atoms with Crippen LogP contribution in [0.2, 0.25) is 0 Å². The third-order valence-electron chi connectivity index (χ3n) is 2.47. The van der Waals surface area contributed by atoms with Crippen molar-refractivity contribution in [2.24, 2.45) is 10.7 Å². The lowest BCUT2D eigenvalue weighted by Gasteiger charge is -2.06. The van der Waals surface area contributed by atoms with E-state index in [0.717, 1.165) is 12.8 Å². The van der Waals surface area contributed by atoms with Gasteiger partial charge in [0.15, 0.2) is 5.82 Å². The molecular weight excluding hydrogens is 280 g/mol. The van der Waals surface area contributed by atoms with Gasteiger partial charge in [-0.25, -0.2) is 9.98 Å². The molecule has 0 saturated heterocycles. The molecule has 2 N–H and O–H groups in total. The molecule has 0 aliphatic rings. The summed E-state index contributed by atoms with van der Waals surface area (Å²) in [6, 6.07) is 0. The molecule has 1 aromatic heterocycles. The van der Waals surface area contributed by atoms with Crippen LogP contribution in [-0.4, -0.2) is 27.3 Å². The third kappa shape index (κ3) is 5.05. The van der Waals surface area contributed by atoms with Crippen LogP contribution in [0.15, 0.2) is 17.9 Å². The van der Waals surface area contributed by atoms with Crippen molar-refractivity contribution >= 4 is 34.3 Å². The van der Waals surface area contributed by atoms with Crippen molar-refractivity contribution in [1.82, 2.24) is 9.55 Å². The predicted octanol–water partition coefficient (Wildman–Crippen LogP) is 2.44. The monoisotopic (exact) mass is 298 g/mol. The minimum absolute atomic E-state index is 0.266. The topological polar surface area (TPSA) is 82.5 Å². The first-order valence-corrected chi connectivity index (χ1v) is 6.63. The lowest BCUT2D eigenvalue weighted by molar-refractivity contribution is -0.141. The molecular formula is C13H19ClN4O2. The number of hydrogen-bond acceptors (Lipinski definition) is 5. The number of carbonyl (C=O) groups excluding carboxylic acids is 1. The number of esters is 1. The van der Waals surface area contributed by atoms with E-state index >= 15 is 0 Å². The van der Waals surface area contributed by atoms with Crippen LogP contribution >= 0.6 is 11.6 Å². The summed E-state index contributed by atoms with van der Waals surface area (Å²) in [5.41, 5.74) is 6.55. The van der Waals surface area contributed by atoms with E-state index in [4.69, 9.17) is 22.1 Å². The second-order valence-corrected chi connectivity index (χ2v) is 4.84. The first-order chi connectivity index (χ1) is 9.41. The number of nitrogens with two attached hydrogens (primary N) is 1. The van der Waals surface area contributed by atoms with Gasteiger partial charge in [0.25, 0.3) is 0 Å². The molecule has 0 saturated carbocycles. The maximum atomic E-state index is 10.6. The predicted molar refractivity (Wildman–Crippen MR) is 79.9 cm³/mol. The molecule has 0 atom stereocenters. The van der Waals surface area contributed by atoms with Crippen molar-refractivity contribution in [3.8, 4) is 0 Å². The Bertz CT molecular complexity index is 518. The van der Waals surface area contributed by atoms with Gasteiger partial charge in [0.2, 0.25) is 0 Å². The molecule has 1 heterocycles. The van der Waals surface area contributed by atoms with E-state index in [-0.39, 0.29) is 5.97 Å². The Morgan fingerprint density at radius 3 is 2.80 bits per heavy atom. The molecule has 0 aliphatic carbocycles. The number of hydrogen-bond donors (Lipinski definition) is 1. The highest BCUT2D eigenvalue weighted by Gasteiger charge is 2.11. The number of aryl methyl sites for hydroxylation is 1. The molecule has 7 heteroatoms. The largest absolute Gasteiger partial charge is 0.466 e. The van der Waals surface area contributed by atoms with Gasteiger partial charge in [-0.3, -0.25) is 4.79 Å². The van der Waals surface area contributed by atoms with Crippen LogP contribution in [0.1, 0.15) is 32.4 Å². The van der Waals surface area contributed by atoms with E-state index in [1.807, 2.05) is 4.57 Å². The summed E-state index contributed by atoms with van der Waals surface area (Å²) >= 11 is 5.82. The first-order valence-electron chi connectivity index (χ1n) is 6.26. The normalized spacial score (nSPS) is 11.4. The standard InChI is InChI=1S/C13H19ClN4O2/c1-9(15)12-13(17-10(2)14)18(8-16-12)6-4-5-7-20-11(3)19/h8H,1,4-7,15H2,2-3H3/b17-10+. The molecule has 1 rings (SSSR count). The smallest absolute Gasteiger partial charge is 0.302 e. The molecule has 0 fully saturated rings. The van der Waals surface area contributed by atoms with Gasteiger partial charge in [-0.05, 0) is 19.8 Å². The number of ether oxygens (including phenoxy) is 1. The number of halogens is 1. The van der Waals surface area contributed by atoms with Crippen LogP contribution in [0.5, 0.6) is 0 Å². The van der Waals surface area contributed by atoms with E-state index in [0.29, 0.717) is 35.5 Å². The molecule has 0 bridgehead atoms. The van der Waals surface area contributed by atoms with Gasteiger partial charge >= 0.3 is 5.97 Å². The summed E-state index contributed by atoms with van der Waals surface area (Å²) in [6.07, 6.45) is 3.24. The average Bonchev–Trinajstić information content (AvgIpc) is 2.71. The van der Waals surface area contributed by atoms with Gasteiger partial charge in [-0.1, -0.05) is 18.2 Å². The van der Waals surface area contributed by atoms with Crippen molar-refractivity contribution in [3.05, 3.63) is 18.6 Å². The third-order valence-corrected chi connectivity index (χ3v) is 2.56. The number of aromatic nitrogens is 2. The fraction of sp³-hybridized carbons (Fsp3) is 0.462. The van der Waals surface area contributed by atoms with Crippen LogP contribution in [-0.2, 0) is 16.1 Å². The molecule has 0 spiro atoms. The zero-order valence-corrected chi connectivity index (χ0v) is 12.5. The number of unbranched alkanes of at least 4 members (excludes halogenated alkanes) is 1. The molecule has 1 aromatic rings. The Hall–Kier alpha value is -1.82. The van der Waals surface area contributed by atoms with Crippen molar-refractivity contribution in [2.45, 2.75) is 33.2 Å². The Balaban J connectivity index is 2.68. The summed E-state index contributed by atoms with van der Waals surface area (Å²) in [4.78, 5) is 19.0. The second-order valence-electron chi connectivity index (χ2n) is 4.29. The van der Waals surface area contributed by atoms with Crippen molar-refractivity contribution in [1.29, 1.82) is 0 Å². The highest BCUT2D eigenvalue weighted by Crippen LogP contribution is 2.23. The first kappa shape index (κ1) is 16.2. The van der Waals surface area contributed by atoms with Gasteiger partial charge in [0, 0.05) is 13.5 Å². The highest BCUT2D eigenvalue weighted by atomic mass is 35.5. The van der Waals surface area contributed by atoms with Crippen LogP contribution in [0.25, 0.3) is 5.70 Å². The van der Waals surface area contributed by atoms with Crippen molar-refractivity contribution < 1.29 is 9.53 Å². The second kappa shape index (κ2) is 7.69. The van der Waals surface area contributed by atoms with Crippen LogP contribution in [0, 0.1) is 0 Å². The Labute approximate surface area is 123 Å². The summed E-state index contributed by atoms with van der Waals surface area (Å²) in [5, 5.41) is 0.397. The Kier molecular flexibility index (Phi) is 6.24. The molecule has 20 heavy (non-hydrogen) atoms. The zero-order valence-electron chi connectivity index (χ0n) is 11.7. The lowest BCUT2D eigenvalue weighted by atomic mass is 10.3. The fourth-order valence-corrected chi connectivity index (χ4v) is 1.71. The van der Waals surface area contributed by atoms with Crippen molar-refractivity contribution in [2.75, 3.05) is 6.61 Å². The van der Waals surface area contributed by atoms with Gasteiger partial charge in [0.05, 0.1) is 18.6 Å². The van der Waals surface area contributed by atoms with Crippen LogP contribution in [0.3, 0.4) is 0 Å². The van der Waals surface area contributed by atoms with E-state index in [1.165, 1.54) is 6.92 Å². The Morgan fingerprint density at radius 2 is 2.25 bits per heavy atom. The number of rotatable bonds is 7. The highest BCUT2D eigenvalue weighted by molar-refractivity contribution is 6.65. The summed E-state index contributed by atoms with van der Waals surface area (Å²) in [5.74, 6) is 0.329. The maximum absolute atomic E-state index is 10.6. The minimum Gasteiger partial charge on any atom is -0.466 e. The molecule has 0 aliphatic heterocycles. The molecule has 0 aromatic carbocycles. The quantitative estimate of drug-likeness (QED) is 0.476.